The molecule has 0 unspecified atom stereocenters. The van der Waals surface area contributed by atoms with Crippen LogP contribution < -0.4 is 9.47 Å². The van der Waals surface area contributed by atoms with Crippen molar-refractivity contribution >= 4 is 0 Å². The molecule has 0 aromatic heterocycles. The molecule has 0 aliphatic heterocycles. The van der Waals surface area contributed by atoms with Crippen molar-refractivity contribution in [3.8, 4) is 11.5 Å². The molecule has 1 aromatic carbocycles. The third kappa shape index (κ3) is 13.6. The summed E-state index contributed by atoms with van der Waals surface area (Å²) in [5, 5.41) is 0. The first-order chi connectivity index (χ1) is 13.3. The summed E-state index contributed by atoms with van der Waals surface area (Å²) in [7, 11) is 0. The number of hydrogen-bond acceptors (Lipinski definition) is 2. The lowest BCUT2D eigenvalue weighted by atomic mass is 10.1. The van der Waals surface area contributed by atoms with Gasteiger partial charge in [-0.1, -0.05) is 90.9 Å². The van der Waals surface area contributed by atoms with Crippen LogP contribution in [-0.4, -0.2) is 13.2 Å². The zero-order valence-electron chi connectivity index (χ0n) is 18.4. The molecule has 0 spiro atoms. The Morgan fingerprint density at radius 3 is 1.30 bits per heavy atom. The Morgan fingerprint density at radius 1 is 0.519 bits per heavy atom. The molecule has 2 nitrogen and oxygen atoms in total. The summed E-state index contributed by atoms with van der Waals surface area (Å²) in [6.07, 6.45) is 18.4. The van der Waals surface area contributed by atoms with Crippen molar-refractivity contribution in [2.75, 3.05) is 13.2 Å². The van der Waals surface area contributed by atoms with Gasteiger partial charge in [0.25, 0.3) is 0 Å². The number of hydrogen-bond donors (Lipinski definition) is 0. The van der Waals surface area contributed by atoms with Gasteiger partial charge in [-0.15, -0.1) is 0 Å². The molecule has 1 aromatic rings. The predicted molar refractivity (Wildman–Crippen MR) is 118 cm³/mol. The van der Waals surface area contributed by atoms with Crippen molar-refractivity contribution in [3.63, 3.8) is 0 Å². The molecule has 0 radical (unpaired) electrons. The highest BCUT2D eigenvalue weighted by molar-refractivity contribution is 5.37. The number of rotatable bonds is 18. The van der Waals surface area contributed by atoms with Crippen LogP contribution in [0.15, 0.2) is 18.2 Å². The van der Waals surface area contributed by atoms with Crippen molar-refractivity contribution in [1.82, 2.24) is 0 Å². The van der Waals surface area contributed by atoms with Crippen LogP contribution in [0.25, 0.3) is 0 Å². The van der Waals surface area contributed by atoms with Crippen molar-refractivity contribution < 1.29 is 9.47 Å². The lowest BCUT2D eigenvalue weighted by Crippen LogP contribution is -2.00. The first kappa shape index (κ1) is 23.9. The van der Waals surface area contributed by atoms with Gasteiger partial charge in [0.1, 0.15) is 11.5 Å². The molecule has 27 heavy (non-hydrogen) atoms. The second-order valence-corrected chi connectivity index (χ2v) is 7.92. The maximum Gasteiger partial charge on any atom is 0.123 e. The molecule has 0 N–H and O–H groups in total. The van der Waals surface area contributed by atoms with E-state index in [4.69, 9.17) is 9.47 Å². The van der Waals surface area contributed by atoms with Gasteiger partial charge in [0.2, 0.25) is 0 Å². The summed E-state index contributed by atoms with van der Waals surface area (Å²) in [5.74, 6) is 1.91. The molecular formula is C25H44O2. The topological polar surface area (TPSA) is 18.5 Å². The molecule has 0 amide bonds. The van der Waals surface area contributed by atoms with Crippen LogP contribution in [0.4, 0.5) is 0 Å². The van der Waals surface area contributed by atoms with Crippen LogP contribution >= 0.6 is 0 Å². The van der Waals surface area contributed by atoms with Crippen molar-refractivity contribution in [2.45, 2.75) is 111 Å². The summed E-state index contributed by atoms with van der Waals surface area (Å²) in [6, 6.07) is 6.28. The van der Waals surface area contributed by atoms with Crippen LogP contribution in [0, 0.1) is 6.92 Å². The zero-order chi connectivity index (χ0) is 19.6. The van der Waals surface area contributed by atoms with Gasteiger partial charge in [-0.2, -0.15) is 0 Å². The fourth-order valence-corrected chi connectivity index (χ4v) is 3.38. The van der Waals surface area contributed by atoms with Crippen LogP contribution in [0.3, 0.4) is 0 Å². The molecule has 156 valence electrons. The lowest BCUT2D eigenvalue weighted by Gasteiger charge is -2.11. The van der Waals surface area contributed by atoms with E-state index >= 15 is 0 Å². The van der Waals surface area contributed by atoms with E-state index < -0.39 is 0 Å². The Kier molecular flexibility index (Phi) is 15.0. The first-order valence-electron chi connectivity index (χ1n) is 11.6. The van der Waals surface area contributed by atoms with E-state index in [1.807, 2.05) is 0 Å². The molecule has 0 fully saturated rings. The van der Waals surface area contributed by atoms with Crippen LogP contribution in [0.2, 0.25) is 0 Å². The Labute approximate surface area is 169 Å². The smallest absolute Gasteiger partial charge is 0.123 e. The van der Waals surface area contributed by atoms with Crippen LogP contribution in [0.5, 0.6) is 11.5 Å². The van der Waals surface area contributed by atoms with Gasteiger partial charge >= 0.3 is 0 Å². The van der Waals surface area contributed by atoms with Gasteiger partial charge in [-0.3, -0.25) is 0 Å². The van der Waals surface area contributed by atoms with E-state index in [9.17, 15) is 0 Å². The second kappa shape index (κ2) is 17.0. The minimum absolute atomic E-state index is 0.814. The predicted octanol–water partition coefficient (Wildman–Crippen LogP) is 8.25. The molecule has 2 heteroatoms. The Hall–Kier alpha value is -1.18. The quantitative estimate of drug-likeness (QED) is 0.240. The fourth-order valence-electron chi connectivity index (χ4n) is 3.38. The van der Waals surface area contributed by atoms with Gasteiger partial charge in [0.15, 0.2) is 0 Å². The Balaban J connectivity index is 2.14. The summed E-state index contributed by atoms with van der Waals surface area (Å²) >= 11 is 0. The fraction of sp³-hybridized carbons (Fsp3) is 0.760. The highest BCUT2D eigenvalue weighted by Gasteiger charge is 2.02. The molecule has 0 atom stereocenters. The maximum atomic E-state index is 5.96. The van der Waals surface area contributed by atoms with E-state index in [2.05, 4.69) is 39.0 Å². The van der Waals surface area contributed by atoms with E-state index in [1.54, 1.807) is 0 Å². The first-order valence-corrected chi connectivity index (χ1v) is 11.6. The zero-order valence-corrected chi connectivity index (χ0v) is 18.4. The number of aryl methyl sites for hydroxylation is 1. The lowest BCUT2D eigenvalue weighted by molar-refractivity contribution is 0.289. The van der Waals surface area contributed by atoms with Gasteiger partial charge in [0, 0.05) is 6.07 Å². The Bertz CT molecular complexity index is 417. The average molecular weight is 377 g/mol. The summed E-state index contributed by atoms with van der Waals surface area (Å²) in [6.45, 7) is 8.27. The molecule has 0 heterocycles. The molecule has 0 aliphatic rings. The molecular weight excluding hydrogens is 332 g/mol. The highest BCUT2D eigenvalue weighted by atomic mass is 16.5. The standard InChI is InChI=1S/C25H44O2/c1-4-6-8-10-12-14-16-18-26-24-20-23(3)21-25(22-24)27-19-17-15-13-11-9-7-5-2/h20-22H,4-19H2,1-3H3. The molecule has 0 saturated carbocycles. The summed E-state index contributed by atoms with van der Waals surface area (Å²) in [4.78, 5) is 0. The SMILES string of the molecule is CCCCCCCCCOc1cc(C)cc(OCCCCCCCCC)c1. The Morgan fingerprint density at radius 2 is 0.889 bits per heavy atom. The summed E-state index contributed by atoms with van der Waals surface area (Å²) < 4.78 is 11.9. The number of unbranched alkanes of at least 4 members (excludes halogenated alkanes) is 12. The van der Waals surface area contributed by atoms with Gasteiger partial charge in [0.05, 0.1) is 13.2 Å². The van der Waals surface area contributed by atoms with E-state index in [0.717, 1.165) is 37.6 Å². The van der Waals surface area contributed by atoms with Crippen LogP contribution in [-0.2, 0) is 0 Å². The largest absolute Gasteiger partial charge is 0.493 e. The van der Waals surface area contributed by atoms with Crippen molar-refractivity contribution in [3.05, 3.63) is 23.8 Å². The third-order valence-electron chi connectivity index (χ3n) is 5.06. The molecule has 0 aliphatic carbocycles. The number of ether oxygens (including phenoxy) is 2. The van der Waals surface area contributed by atoms with E-state index in [1.165, 1.54) is 82.6 Å². The summed E-state index contributed by atoms with van der Waals surface area (Å²) in [5.41, 5.74) is 1.21. The minimum atomic E-state index is 0.814. The molecule has 0 saturated heterocycles. The van der Waals surface area contributed by atoms with Gasteiger partial charge in [-0.05, 0) is 37.5 Å². The van der Waals surface area contributed by atoms with E-state index in [-0.39, 0.29) is 0 Å². The van der Waals surface area contributed by atoms with Crippen molar-refractivity contribution in [1.29, 1.82) is 0 Å². The monoisotopic (exact) mass is 376 g/mol. The van der Waals surface area contributed by atoms with Crippen LogP contribution in [0.1, 0.15) is 109 Å². The molecule has 1 rings (SSSR count). The van der Waals surface area contributed by atoms with Crippen molar-refractivity contribution in [2.24, 2.45) is 0 Å². The molecule has 0 bridgehead atoms. The van der Waals surface area contributed by atoms with Gasteiger partial charge in [-0.25, -0.2) is 0 Å². The highest BCUT2D eigenvalue weighted by Crippen LogP contribution is 2.23. The third-order valence-corrected chi connectivity index (χ3v) is 5.06. The van der Waals surface area contributed by atoms with E-state index in [0.29, 0.717) is 0 Å². The second-order valence-electron chi connectivity index (χ2n) is 7.92. The maximum absolute atomic E-state index is 5.96. The number of benzene rings is 1. The normalized spacial score (nSPS) is 10.9. The minimum Gasteiger partial charge on any atom is -0.493 e. The average Bonchev–Trinajstić information content (AvgIpc) is 2.65. The van der Waals surface area contributed by atoms with Gasteiger partial charge < -0.3 is 9.47 Å².